The van der Waals surface area contributed by atoms with Gasteiger partial charge in [-0.1, -0.05) is 11.6 Å². The van der Waals surface area contributed by atoms with Crippen molar-refractivity contribution >= 4 is 12.6 Å². The third-order valence-corrected chi connectivity index (χ3v) is 3.23. The fraction of sp³-hybridized carbons (Fsp3) is 0.833. The molecule has 0 aromatic carbocycles. The van der Waals surface area contributed by atoms with Crippen LogP contribution in [0, 0.1) is 0 Å². The molecule has 14 heavy (non-hydrogen) atoms. The Kier molecular flexibility index (Phi) is 3.37. The summed E-state index contributed by atoms with van der Waals surface area (Å²) in [5.41, 5.74) is 1.78. The van der Waals surface area contributed by atoms with Crippen LogP contribution >= 0.6 is 12.6 Å². The summed E-state index contributed by atoms with van der Waals surface area (Å²) < 4.78 is 0.0595. The molecule has 1 aliphatic rings. The average molecular weight is 213 g/mol. The maximum atomic E-state index is 4.61. The van der Waals surface area contributed by atoms with Crippen LogP contribution < -0.4 is 0 Å². The molecule has 0 saturated carbocycles. The first-order chi connectivity index (χ1) is 6.21. The van der Waals surface area contributed by atoms with Gasteiger partial charge in [0.1, 0.15) is 0 Å². The largest absolute Gasteiger partial charge is 0.295 e. The molecule has 0 fully saturated rings. The predicted octanol–water partition coefficient (Wildman–Crippen LogP) is 3.13. The van der Waals surface area contributed by atoms with Gasteiger partial charge in [0.15, 0.2) is 0 Å². The van der Waals surface area contributed by atoms with Crippen molar-refractivity contribution in [3.63, 3.8) is 0 Å². The van der Waals surface area contributed by atoms with Gasteiger partial charge in [0.2, 0.25) is 0 Å². The Balaban J connectivity index is 2.65. The molecule has 82 valence electrons. The molecule has 0 spiro atoms. The highest BCUT2D eigenvalue weighted by Gasteiger charge is 2.26. The Morgan fingerprint density at radius 2 is 1.79 bits per heavy atom. The predicted molar refractivity (Wildman–Crippen MR) is 67.1 cm³/mol. The van der Waals surface area contributed by atoms with Crippen LogP contribution in [0.5, 0.6) is 0 Å². The van der Waals surface area contributed by atoms with Crippen molar-refractivity contribution < 1.29 is 0 Å². The maximum Gasteiger partial charge on any atom is 0.0282 e. The molecule has 0 bridgehead atoms. The molecule has 0 aliphatic carbocycles. The van der Waals surface area contributed by atoms with Crippen molar-refractivity contribution in [1.29, 1.82) is 0 Å². The van der Waals surface area contributed by atoms with E-state index in [-0.39, 0.29) is 4.75 Å². The lowest BCUT2D eigenvalue weighted by molar-refractivity contribution is 0.148. The van der Waals surface area contributed by atoms with Gasteiger partial charge in [0.05, 0.1) is 0 Å². The zero-order valence-electron chi connectivity index (χ0n) is 10.1. The average Bonchev–Trinajstić information content (AvgIpc) is 2.01. The molecule has 0 aromatic heterocycles. The van der Waals surface area contributed by atoms with Crippen molar-refractivity contribution in [2.24, 2.45) is 0 Å². The summed E-state index contributed by atoms with van der Waals surface area (Å²) in [5, 5.41) is 0. The van der Waals surface area contributed by atoms with E-state index in [1.54, 1.807) is 0 Å². The van der Waals surface area contributed by atoms with E-state index in [1.165, 1.54) is 12.1 Å². The molecule has 0 amide bonds. The van der Waals surface area contributed by atoms with Gasteiger partial charge in [-0.25, -0.2) is 0 Å². The minimum absolute atomic E-state index is 0.0595. The Morgan fingerprint density at radius 3 is 2.07 bits per heavy atom. The topological polar surface area (TPSA) is 3.24 Å². The summed E-state index contributed by atoms with van der Waals surface area (Å²) in [6, 6.07) is 0. The van der Waals surface area contributed by atoms with Crippen LogP contribution in [-0.4, -0.2) is 28.3 Å². The van der Waals surface area contributed by atoms with Gasteiger partial charge >= 0.3 is 0 Å². The molecule has 0 aromatic rings. The van der Waals surface area contributed by atoms with Gasteiger partial charge in [-0.2, -0.15) is 12.6 Å². The van der Waals surface area contributed by atoms with Crippen molar-refractivity contribution in [2.45, 2.75) is 51.3 Å². The lowest BCUT2D eigenvalue weighted by Gasteiger charge is -2.39. The number of nitrogens with zero attached hydrogens (tertiary/aromatic N) is 1. The molecule has 1 rings (SSSR count). The zero-order chi connectivity index (χ0) is 11.0. The minimum atomic E-state index is 0.0595. The smallest absolute Gasteiger partial charge is 0.0282 e. The van der Waals surface area contributed by atoms with E-state index in [0.29, 0.717) is 5.54 Å². The normalized spacial score (nSPS) is 20.9. The zero-order valence-corrected chi connectivity index (χ0v) is 11.0. The van der Waals surface area contributed by atoms with E-state index in [2.05, 4.69) is 58.2 Å². The molecule has 0 N–H and O–H groups in total. The summed E-state index contributed by atoms with van der Waals surface area (Å²) in [6.07, 6.45) is 3.51. The van der Waals surface area contributed by atoms with Gasteiger partial charge in [-0.3, -0.25) is 4.90 Å². The number of thiol groups is 1. The molecule has 0 unspecified atom stereocenters. The molecule has 0 saturated heterocycles. The maximum absolute atomic E-state index is 4.61. The Bertz CT molecular complexity index is 230. The number of hydrogen-bond acceptors (Lipinski definition) is 2. The van der Waals surface area contributed by atoms with Crippen LogP contribution in [0.4, 0.5) is 0 Å². The van der Waals surface area contributed by atoms with E-state index >= 15 is 0 Å². The molecule has 0 atom stereocenters. The minimum Gasteiger partial charge on any atom is -0.295 e. The second-order valence-electron chi connectivity index (χ2n) is 5.66. The lowest BCUT2D eigenvalue weighted by Crippen LogP contribution is -2.44. The Morgan fingerprint density at radius 1 is 1.21 bits per heavy atom. The van der Waals surface area contributed by atoms with Gasteiger partial charge in [0, 0.05) is 23.4 Å². The monoisotopic (exact) mass is 213 g/mol. The summed E-state index contributed by atoms with van der Waals surface area (Å²) in [4.78, 5) is 2.51. The summed E-state index contributed by atoms with van der Waals surface area (Å²) in [5.74, 6) is 0. The van der Waals surface area contributed by atoms with Crippen LogP contribution in [0.3, 0.4) is 0 Å². The summed E-state index contributed by atoms with van der Waals surface area (Å²) in [7, 11) is 0. The second-order valence-corrected chi connectivity index (χ2v) is 6.77. The van der Waals surface area contributed by atoms with Crippen LogP contribution in [0.2, 0.25) is 0 Å². The standard InChI is InChI=1S/C12H23NS/c1-11(2,3)13-8-6-10(7-9-13)12(4,5)14/h6,14H,7-9H2,1-5H3. The third-order valence-electron chi connectivity index (χ3n) is 2.94. The van der Waals surface area contributed by atoms with Crippen LogP contribution in [0.25, 0.3) is 0 Å². The van der Waals surface area contributed by atoms with Crippen molar-refractivity contribution in [3.8, 4) is 0 Å². The van der Waals surface area contributed by atoms with Crippen molar-refractivity contribution in [1.82, 2.24) is 4.90 Å². The highest BCUT2D eigenvalue weighted by atomic mass is 32.1. The quantitative estimate of drug-likeness (QED) is 0.517. The van der Waals surface area contributed by atoms with Crippen LogP contribution in [0.1, 0.15) is 41.0 Å². The first-order valence-corrected chi connectivity index (χ1v) is 5.83. The van der Waals surface area contributed by atoms with Crippen molar-refractivity contribution in [3.05, 3.63) is 11.6 Å². The van der Waals surface area contributed by atoms with Gasteiger partial charge < -0.3 is 0 Å². The van der Waals surface area contributed by atoms with Gasteiger partial charge in [-0.05, 0) is 41.0 Å². The SMILES string of the molecule is CC(C)(S)C1=CCN(C(C)(C)C)CC1. The Hall–Kier alpha value is 0.0500. The molecular weight excluding hydrogens is 190 g/mol. The fourth-order valence-corrected chi connectivity index (χ4v) is 2.04. The van der Waals surface area contributed by atoms with Gasteiger partial charge in [-0.15, -0.1) is 0 Å². The van der Waals surface area contributed by atoms with E-state index < -0.39 is 0 Å². The summed E-state index contributed by atoms with van der Waals surface area (Å²) in [6.45, 7) is 13.4. The lowest BCUT2D eigenvalue weighted by atomic mass is 9.93. The number of rotatable bonds is 1. The molecule has 1 aliphatic heterocycles. The van der Waals surface area contributed by atoms with E-state index in [0.717, 1.165) is 13.0 Å². The van der Waals surface area contributed by atoms with E-state index in [1.807, 2.05) is 0 Å². The molecule has 1 nitrogen and oxygen atoms in total. The van der Waals surface area contributed by atoms with E-state index in [9.17, 15) is 0 Å². The fourth-order valence-electron chi connectivity index (χ4n) is 1.83. The molecule has 0 radical (unpaired) electrons. The Labute approximate surface area is 94.0 Å². The second kappa shape index (κ2) is 3.90. The highest BCUT2D eigenvalue weighted by Crippen LogP contribution is 2.30. The van der Waals surface area contributed by atoms with Crippen molar-refractivity contribution in [2.75, 3.05) is 13.1 Å². The van der Waals surface area contributed by atoms with Crippen LogP contribution in [0.15, 0.2) is 11.6 Å². The van der Waals surface area contributed by atoms with Gasteiger partial charge in [0.25, 0.3) is 0 Å². The highest BCUT2D eigenvalue weighted by molar-refractivity contribution is 7.82. The third kappa shape index (κ3) is 3.03. The first kappa shape index (κ1) is 12.1. The molecular formula is C12H23NS. The summed E-state index contributed by atoms with van der Waals surface area (Å²) >= 11 is 4.61. The number of hydrogen-bond donors (Lipinski definition) is 1. The first-order valence-electron chi connectivity index (χ1n) is 5.38. The van der Waals surface area contributed by atoms with E-state index in [4.69, 9.17) is 0 Å². The molecule has 2 heteroatoms. The van der Waals surface area contributed by atoms with Crippen LogP contribution in [-0.2, 0) is 0 Å². The molecule has 1 heterocycles.